The first-order valence-electron chi connectivity index (χ1n) is 6.35. The predicted octanol–water partition coefficient (Wildman–Crippen LogP) is 0.949. The summed E-state index contributed by atoms with van der Waals surface area (Å²) < 4.78 is 1.89. The highest BCUT2D eigenvalue weighted by Crippen LogP contribution is 2.15. The highest BCUT2D eigenvalue weighted by molar-refractivity contribution is 5.63. The summed E-state index contributed by atoms with van der Waals surface area (Å²) in [4.78, 5) is 6.63. The fourth-order valence-corrected chi connectivity index (χ4v) is 1.87. The molecule has 0 unspecified atom stereocenters. The number of likely N-dealkylation sites (N-methyl/N-ethyl adjacent to an activating group) is 1. The molecule has 0 saturated carbocycles. The molecule has 0 fully saturated rings. The third kappa shape index (κ3) is 2.76. The van der Waals surface area contributed by atoms with Crippen molar-refractivity contribution in [3.63, 3.8) is 0 Å². The monoisotopic (exact) mass is 248 g/mol. The maximum atomic E-state index is 4.42. The summed E-state index contributed by atoms with van der Waals surface area (Å²) >= 11 is 0. The number of anilines is 1. The quantitative estimate of drug-likeness (QED) is 0.824. The molecule has 6 nitrogen and oxygen atoms in total. The van der Waals surface area contributed by atoms with Crippen molar-refractivity contribution >= 4 is 11.5 Å². The largest absolute Gasteiger partial charge is 0.352 e. The number of hydrogen-bond donors (Lipinski definition) is 1. The molecule has 2 rings (SSSR count). The van der Waals surface area contributed by atoms with Crippen LogP contribution >= 0.6 is 0 Å². The number of hydrogen-bond acceptors (Lipinski definition) is 5. The first-order valence-corrected chi connectivity index (χ1v) is 6.35. The fraction of sp³-hybridized carbons (Fsp3) is 0.583. The van der Waals surface area contributed by atoms with Crippen LogP contribution in [-0.4, -0.2) is 45.3 Å². The summed E-state index contributed by atoms with van der Waals surface area (Å²) in [7, 11) is 0. The second-order valence-corrected chi connectivity index (χ2v) is 4.50. The molecule has 0 saturated heterocycles. The summed E-state index contributed by atoms with van der Waals surface area (Å²) in [6.45, 7) is 9.16. The van der Waals surface area contributed by atoms with Crippen LogP contribution in [0.1, 0.15) is 20.8 Å². The van der Waals surface area contributed by atoms with Gasteiger partial charge in [0.25, 0.3) is 0 Å². The summed E-state index contributed by atoms with van der Waals surface area (Å²) in [6.07, 6.45) is 5.34. The van der Waals surface area contributed by atoms with Gasteiger partial charge in [-0.3, -0.25) is 4.40 Å². The van der Waals surface area contributed by atoms with Crippen LogP contribution in [0.5, 0.6) is 0 Å². The van der Waals surface area contributed by atoms with Crippen molar-refractivity contribution < 1.29 is 0 Å². The van der Waals surface area contributed by atoms with Gasteiger partial charge in [-0.25, -0.2) is 4.98 Å². The van der Waals surface area contributed by atoms with Crippen molar-refractivity contribution in [2.24, 2.45) is 0 Å². The van der Waals surface area contributed by atoms with Gasteiger partial charge in [0.1, 0.15) is 6.33 Å². The number of rotatable bonds is 6. The van der Waals surface area contributed by atoms with Crippen LogP contribution in [0.3, 0.4) is 0 Å². The smallest absolute Gasteiger partial charge is 0.203 e. The standard InChI is InChI=1S/C12H20N6/c1-4-17(7-5-13-10(2)3)11-12-16-15-9-18(12)8-6-14-11/h6,8-10,13H,4-5,7H2,1-3H3. The predicted molar refractivity (Wildman–Crippen MR) is 71.8 cm³/mol. The Labute approximate surface area is 107 Å². The molecule has 2 aromatic heterocycles. The van der Waals surface area contributed by atoms with Gasteiger partial charge in [0.05, 0.1) is 0 Å². The van der Waals surface area contributed by atoms with E-state index >= 15 is 0 Å². The minimum absolute atomic E-state index is 0.501. The molecule has 0 amide bonds. The van der Waals surface area contributed by atoms with E-state index in [2.05, 4.69) is 46.2 Å². The topological polar surface area (TPSA) is 58.4 Å². The Morgan fingerprint density at radius 2 is 2.28 bits per heavy atom. The third-order valence-electron chi connectivity index (χ3n) is 2.81. The van der Waals surface area contributed by atoms with Gasteiger partial charge in [-0.2, -0.15) is 0 Å². The van der Waals surface area contributed by atoms with Gasteiger partial charge in [-0.1, -0.05) is 13.8 Å². The average molecular weight is 248 g/mol. The Morgan fingerprint density at radius 3 is 3.00 bits per heavy atom. The van der Waals surface area contributed by atoms with Gasteiger partial charge in [-0.15, -0.1) is 10.2 Å². The van der Waals surface area contributed by atoms with E-state index in [1.807, 2.05) is 10.6 Å². The summed E-state index contributed by atoms with van der Waals surface area (Å²) in [5.41, 5.74) is 0.809. The molecule has 0 aliphatic heterocycles. The van der Waals surface area contributed by atoms with Gasteiger partial charge in [0.2, 0.25) is 5.65 Å². The second kappa shape index (κ2) is 5.77. The number of nitrogens with one attached hydrogen (secondary N) is 1. The fourth-order valence-electron chi connectivity index (χ4n) is 1.87. The Balaban J connectivity index is 2.14. The van der Waals surface area contributed by atoms with Crippen LogP contribution < -0.4 is 10.2 Å². The first-order chi connectivity index (χ1) is 8.72. The Morgan fingerprint density at radius 1 is 1.44 bits per heavy atom. The highest BCUT2D eigenvalue weighted by atomic mass is 15.3. The van der Waals surface area contributed by atoms with Crippen LogP contribution in [0.4, 0.5) is 5.82 Å². The Hall–Kier alpha value is -1.69. The lowest BCUT2D eigenvalue weighted by Crippen LogP contribution is -2.35. The lowest BCUT2D eigenvalue weighted by atomic mass is 10.4. The van der Waals surface area contributed by atoms with E-state index in [1.54, 1.807) is 12.5 Å². The summed E-state index contributed by atoms with van der Waals surface area (Å²) in [5.74, 6) is 0.892. The van der Waals surface area contributed by atoms with E-state index in [4.69, 9.17) is 0 Å². The van der Waals surface area contributed by atoms with Gasteiger partial charge in [0, 0.05) is 38.1 Å². The molecule has 2 aromatic rings. The van der Waals surface area contributed by atoms with Crippen LogP contribution in [0.25, 0.3) is 5.65 Å². The lowest BCUT2D eigenvalue weighted by molar-refractivity contribution is 0.582. The normalized spacial score (nSPS) is 11.3. The second-order valence-electron chi connectivity index (χ2n) is 4.50. The molecule has 0 bridgehead atoms. The molecule has 0 aromatic carbocycles. The zero-order valence-electron chi connectivity index (χ0n) is 11.2. The number of fused-ring (bicyclic) bond motifs is 1. The average Bonchev–Trinajstić information content (AvgIpc) is 2.82. The maximum Gasteiger partial charge on any atom is 0.203 e. The van der Waals surface area contributed by atoms with Crippen LogP contribution in [0.15, 0.2) is 18.7 Å². The van der Waals surface area contributed by atoms with E-state index in [0.29, 0.717) is 6.04 Å². The van der Waals surface area contributed by atoms with E-state index in [-0.39, 0.29) is 0 Å². The summed E-state index contributed by atoms with van der Waals surface area (Å²) in [6, 6.07) is 0.501. The van der Waals surface area contributed by atoms with Gasteiger partial charge in [0.15, 0.2) is 5.82 Å². The molecule has 1 N–H and O–H groups in total. The van der Waals surface area contributed by atoms with Crippen molar-refractivity contribution in [1.29, 1.82) is 0 Å². The van der Waals surface area contributed by atoms with Crippen LogP contribution in [0.2, 0.25) is 0 Å². The zero-order chi connectivity index (χ0) is 13.0. The van der Waals surface area contributed by atoms with E-state index in [1.165, 1.54) is 0 Å². The SMILES string of the molecule is CCN(CCNC(C)C)c1nccn2cnnc12. The molecule has 0 aliphatic rings. The molecule has 6 heteroatoms. The Kier molecular flexibility index (Phi) is 4.09. The van der Waals surface area contributed by atoms with Crippen molar-refractivity contribution in [3.05, 3.63) is 18.7 Å². The van der Waals surface area contributed by atoms with Gasteiger partial charge >= 0.3 is 0 Å². The summed E-state index contributed by atoms with van der Waals surface area (Å²) in [5, 5.41) is 11.4. The zero-order valence-corrected chi connectivity index (χ0v) is 11.2. The van der Waals surface area contributed by atoms with Crippen molar-refractivity contribution in [3.8, 4) is 0 Å². The number of nitrogens with zero attached hydrogens (tertiary/aromatic N) is 5. The van der Waals surface area contributed by atoms with Crippen molar-refractivity contribution in [2.45, 2.75) is 26.8 Å². The molecule has 0 radical (unpaired) electrons. The third-order valence-corrected chi connectivity index (χ3v) is 2.81. The van der Waals surface area contributed by atoms with E-state index in [0.717, 1.165) is 31.1 Å². The minimum Gasteiger partial charge on any atom is -0.352 e. The van der Waals surface area contributed by atoms with Gasteiger partial charge in [-0.05, 0) is 6.92 Å². The van der Waals surface area contributed by atoms with Crippen LogP contribution in [-0.2, 0) is 0 Å². The molecule has 18 heavy (non-hydrogen) atoms. The maximum absolute atomic E-state index is 4.42. The van der Waals surface area contributed by atoms with Crippen LogP contribution in [0, 0.1) is 0 Å². The van der Waals surface area contributed by atoms with Crippen molar-refractivity contribution in [1.82, 2.24) is 24.9 Å². The molecule has 0 spiro atoms. The number of aromatic nitrogens is 4. The van der Waals surface area contributed by atoms with Gasteiger partial charge < -0.3 is 10.2 Å². The molecular formula is C12H20N6. The Bertz CT molecular complexity index is 492. The highest BCUT2D eigenvalue weighted by Gasteiger charge is 2.11. The minimum atomic E-state index is 0.501. The van der Waals surface area contributed by atoms with E-state index in [9.17, 15) is 0 Å². The molecular weight excluding hydrogens is 228 g/mol. The lowest BCUT2D eigenvalue weighted by Gasteiger charge is -2.22. The molecule has 0 atom stereocenters. The van der Waals surface area contributed by atoms with Crippen molar-refractivity contribution in [2.75, 3.05) is 24.5 Å². The first kappa shape index (κ1) is 12.8. The molecule has 2 heterocycles. The molecule has 98 valence electrons. The van der Waals surface area contributed by atoms with E-state index < -0.39 is 0 Å². The molecule has 0 aliphatic carbocycles.